The summed E-state index contributed by atoms with van der Waals surface area (Å²) in [6.45, 7) is 1.50. The molecule has 92 valence electrons. The van der Waals surface area contributed by atoms with E-state index < -0.39 is 5.91 Å². The first-order valence-corrected chi connectivity index (χ1v) is 5.59. The summed E-state index contributed by atoms with van der Waals surface area (Å²) in [5, 5.41) is 0. The lowest BCUT2D eigenvalue weighted by atomic mass is 10.1. The molecule has 4 N–H and O–H groups in total. The summed E-state index contributed by atoms with van der Waals surface area (Å²) in [5.41, 5.74) is 13.0. The number of carbonyl (C=O) groups excluding carboxylic acids is 1. The fourth-order valence-corrected chi connectivity index (χ4v) is 2.05. The SMILES string of the molecule is CN(c1ccc(C(N)=O)cc1N)C1CCOC1. The van der Waals surface area contributed by atoms with E-state index in [9.17, 15) is 4.79 Å². The van der Waals surface area contributed by atoms with Gasteiger partial charge in [-0.05, 0) is 24.6 Å². The first-order valence-electron chi connectivity index (χ1n) is 5.59. The van der Waals surface area contributed by atoms with Crippen LogP contribution in [0.25, 0.3) is 0 Å². The second kappa shape index (κ2) is 4.63. The maximum Gasteiger partial charge on any atom is 0.248 e. The quantitative estimate of drug-likeness (QED) is 0.751. The monoisotopic (exact) mass is 235 g/mol. The van der Waals surface area contributed by atoms with Gasteiger partial charge in [0.1, 0.15) is 0 Å². The molecule has 0 radical (unpaired) electrons. The van der Waals surface area contributed by atoms with Crippen molar-refractivity contribution in [2.45, 2.75) is 12.5 Å². The number of carbonyl (C=O) groups is 1. The van der Waals surface area contributed by atoms with E-state index in [2.05, 4.69) is 4.90 Å². The Morgan fingerprint density at radius 3 is 2.82 bits per heavy atom. The van der Waals surface area contributed by atoms with Crippen LogP contribution in [0.2, 0.25) is 0 Å². The van der Waals surface area contributed by atoms with Crippen molar-refractivity contribution in [3.05, 3.63) is 23.8 Å². The molecule has 1 aliphatic heterocycles. The van der Waals surface area contributed by atoms with E-state index in [-0.39, 0.29) is 0 Å². The fourth-order valence-electron chi connectivity index (χ4n) is 2.05. The largest absolute Gasteiger partial charge is 0.397 e. The van der Waals surface area contributed by atoms with Crippen molar-refractivity contribution in [1.82, 2.24) is 0 Å². The van der Waals surface area contributed by atoms with Gasteiger partial charge in [-0.15, -0.1) is 0 Å². The van der Waals surface area contributed by atoms with Crippen molar-refractivity contribution >= 4 is 17.3 Å². The van der Waals surface area contributed by atoms with Gasteiger partial charge in [-0.25, -0.2) is 0 Å². The molecule has 1 unspecified atom stereocenters. The van der Waals surface area contributed by atoms with Crippen LogP contribution in [0.5, 0.6) is 0 Å². The number of nitrogens with zero attached hydrogens (tertiary/aromatic N) is 1. The molecule has 0 saturated carbocycles. The molecule has 1 aliphatic rings. The zero-order chi connectivity index (χ0) is 12.4. The number of likely N-dealkylation sites (N-methyl/N-ethyl adjacent to an activating group) is 1. The molecule has 1 fully saturated rings. The van der Waals surface area contributed by atoms with E-state index in [4.69, 9.17) is 16.2 Å². The van der Waals surface area contributed by atoms with Crippen LogP contribution in [0.15, 0.2) is 18.2 Å². The molecule has 17 heavy (non-hydrogen) atoms. The molecular formula is C12H17N3O2. The van der Waals surface area contributed by atoms with E-state index in [1.54, 1.807) is 12.1 Å². The van der Waals surface area contributed by atoms with Crippen molar-refractivity contribution < 1.29 is 9.53 Å². The second-order valence-corrected chi connectivity index (χ2v) is 4.27. The Labute approximate surface area is 100 Å². The number of hydrogen-bond acceptors (Lipinski definition) is 4. The normalized spacial score (nSPS) is 19.2. The van der Waals surface area contributed by atoms with Crippen LogP contribution in [-0.2, 0) is 4.74 Å². The van der Waals surface area contributed by atoms with E-state index in [0.29, 0.717) is 23.9 Å². The zero-order valence-electron chi connectivity index (χ0n) is 9.85. The highest BCUT2D eigenvalue weighted by Gasteiger charge is 2.22. The predicted octanol–water partition coefficient (Wildman–Crippen LogP) is 0.593. The van der Waals surface area contributed by atoms with Crippen molar-refractivity contribution in [2.24, 2.45) is 5.73 Å². The van der Waals surface area contributed by atoms with Crippen LogP contribution in [0, 0.1) is 0 Å². The topological polar surface area (TPSA) is 81.6 Å². The summed E-state index contributed by atoms with van der Waals surface area (Å²) < 4.78 is 5.34. The van der Waals surface area contributed by atoms with Crippen molar-refractivity contribution in [2.75, 3.05) is 30.9 Å². The van der Waals surface area contributed by atoms with Gasteiger partial charge in [0.2, 0.25) is 5.91 Å². The van der Waals surface area contributed by atoms with Gasteiger partial charge in [0, 0.05) is 19.2 Å². The zero-order valence-corrected chi connectivity index (χ0v) is 9.85. The maximum atomic E-state index is 11.0. The number of amides is 1. The maximum absolute atomic E-state index is 11.0. The lowest BCUT2D eigenvalue weighted by Crippen LogP contribution is -2.32. The Bertz CT molecular complexity index is 428. The molecule has 0 spiro atoms. The first kappa shape index (κ1) is 11.7. The lowest BCUT2D eigenvalue weighted by Gasteiger charge is -2.26. The average Bonchev–Trinajstić information content (AvgIpc) is 2.81. The number of hydrogen-bond donors (Lipinski definition) is 2. The summed E-state index contributed by atoms with van der Waals surface area (Å²) in [5.74, 6) is -0.463. The molecule has 1 heterocycles. The molecule has 5 nitrogen and oxygen atoms in total. The Morgan fingerprint density at radius 2 is 2.29 bits per heavy atom. The summed E-state index contributed by atoms with van der Waals surface area (Å²) >= 11 is 0. The highest BCUT2D eigenvalue weighted by Crippen LogP contribution is 2.27. The molecule has 2 rings (SSSR count). The molecule has 5 heteroatoms. The lowest BCUT2D eigenvalue weighted by molar-refractivity contribution is 0.100. The fraction of sp³-hybridized carbons (Fsp3) is 0.417. The second-order valence-electron chi connectivity index (χ2n) is 4.27. The molecule has 1 atom stereocenters. The highest BCUT2D eigenvalue weighted by molar-refractivity contribution is 5.94. The number of anilines is 2. The molecule has 0 aliphatic carbocycles. The van der Waals surface area contributed by atoms with Crippen LogP contribution >= 0.6 is 0 Å². The van der Waals surface area contributed by atoms with Gasteiger partial charge >= 0.3 is 0 Å². The van der Waals surface area contributed by atoms with Crippen LogP contribution in [0.3, 0.4) is 0 Å². The molecule has 1 amide bonds. The molecule has 1 aromatic rings. The van der Waals surface area contributed by atoms with Gasteiger partial charge < -0.3 is 21.1 Å². The number of primary amides is 1. The minimum absolute atomic E-state index is 0.344. The predicted molar refractivity (Wildman–Crippen MR) is 67.0 cm³/mol. The average molecular weight is 235 g/mol. The summed E-state index contributed by atoms with van der Waals surface area (Å²) in [7, 11) is 1.98. The first-order chi connectivity index (χ1) is 8.09. The summed E-state index contributed by atoms with van der Waals surface area (Å²) in [4.78, 5) is 13.1. The third kappa shape index (κ3) is 2.34. The van der Waals surface area contributed by atoms with Gasteiger partial charge in [-0.1, -0.05) is 0 Å². The van der Waals surface area contributed by atoms with Crippen LogP contribution in [-0.4, -0.2) is 32.2 Å². The summed E-state index contributed by atoms with van der Waals surface area (Å²) in [6.07, 6.45) is 0.994. The van der Waals surface area contributed by atoms with Gasteiger partial charge in [0.05, 0.1) is 24.0 Å². The minimum Gasteiger partial charge on any atom is -0.397 e. The van der Waals surface area contributed by atoms with Gasteiger partial charge in [0.25, 0.3) is 0 Å². The van der Waals surface area contributed by atoms with E-state index >= 15 is 0 Å². The van der Waals surface area contributed by atoms with Gasteiger partial charge in [-0.2, -0.15) is 0 Å². The van der Waals surface area contributed by atoms with Gasteiger partial charge in [-0.3, -0.25) is 4.79 Å². The Balaban J connectivity index is 2.23. The molecule has 1 aromatic carbocycles. The van der Waals surface area contributed by atoms with Crippen molar-refractivity contribution in [3.63, 3.8) is 0 Å². The minimum atomic E-state index is -0.463. The standard InChI is InChI=1S/C12H17N3O2/c1-15(9-4-5-17-7-9)11-3-2-8(12(14)16)6-10(11)13/h2-3,6,9H,4-5,7,13H2,1H3,(H2,14,16). The van der Waals surface area contributed by atoms with E-state index in [1.807, 2.05) is 13.1 Å². The van der Waals surface area contributed by atoms with Crippen LogP contribution in [0.4, 0.5) is 11.4 Å². The van der Waals surface area contributed by atoms with Crippen molar-refractivity contribution in [3.8, 4) is 0 Å². The molecule has 0 bridgehead atoms. The van der Waals surface area contributed by atoms with Crippen LogP contribution < -0.4 is 16.4 Å². The number of ether oxygens (including phenoxy) is 1. The van der Waals surface area contributed by atoms with E-state index in [1.165, 1.54) is 0 Å². The van der Waals surface area contributed by atoms with Crippen molar-refractivity contribution in [1.29, 1.82) is 0 Å². The molecular weight excluding hydrogens is 218 g/mol. The number of benzene rings is 1. The Hall–Kier alpha value is -1.75. The third-order valence-electron chi connectivity index (χ3n) is 3.15. The van der Waals surface area contributed by atoms with Gasteiger partial charge in [0.15, 0.2) is 0 Å². The highest BCUT2D eigenvalue weighted by atomic mass is 16.5. The summed E-state index contributed by atoms with van der Waals surface area (Å²) in [6, 6.07) is 5.48. The van der Waals surface area contributed by atoms with Crippen LogP contribution in [0.1, 0.15) is 16.8 Å². The Morgan fingerprint density at radius 1 is 1.53 bits per heavy atom. The number of nitrogens with two attached hydrogens (primary N) is 2. The smallest absolute Gasteiger partial charge is 0.248 e. The number of rotatable bonds is 3. The number of nitrogen functional groups attached to an aromatic ring is 1. The third-order valence-corrected chi connectivity index (χ3v) is 3.15. The Kier molecular flexibility index (Phi) is 3.19. The van der Waals surface area contributed by atoms with E-state index in [0.717, 1.165) is 18.7 Å². The molecule has 0 aromatic heterocycles. The molecule has 1 saturated heterocycles.